The number of hydrogen-bond acceptors (Lipinski definition) is 2. The van der Waals surface area contributed by atoms with Gasteiger partial charge in [-0.2, -0.15) is 0 Å². The van der Waals surface area contributed by atoms with Crippen molar-refractivity contribution in [3.05, 3.63) is 0 Å². The zero-order valence-electron chi connectivity index (χ0n) is 14.5. The number of rotatable bonds is 10. The first-order chi connectivity index (χ1) is 8.73. The molecular formula is C16H36O2Si. The van der Waals surface area contributed by atoms with Crippen LogP contribution in [0.4, 0.5) is 0 Å². The van der Waals surface area contributed by atoms with Gasteiger partial charge in [0.05, 0.1) is 0 Å². The molecule has 0 aliphatic rings. The van der Waals surface area contributed by atoms with Crippen LogP contribution in [0.1, 0.15) is 68.2 Å². The molecule has 0 heterocycles. The lowest BCUT2D eigenvalue weighted by Crippen LogP contribution is -2.54. The van der Waals surface area contributed by atoms with Crippen molar-refractivity contribution in [2.75, 3.05) is 13.2 Å². The van der Waals surface area contributed by atoms with Gasteiger partial charge in [-0.15, -0.1) is 0 Å². The molecule has 0 aliphatic heterocycles. The molecule has 2 nitrogen and oxygen atoms in total. The van der Waals surface area contributed by atoms with Crippen molar-refractivity contribution in [2.24, 2.45) is 11.8 Å². The van der Waals surface area contributed by atoms with Gasteiger partial charge in [0.2, 0.25) is 0 Å². The second-order valence-electron chi connectivity index (χ2n) is 6.92. The lowest BCUT2D eigenvalue weighted by atomic mass is 9.99. The SMILES string of the molecule is CCCO[Si](CC(C)C)(OCCC)C(C)(C)C(C)C. The summed E-state index contributed by atoms with van der Waals surface area (Å²) in [5.74, 6) is 1.20. The van der Waals surface area contributed by atoms with Gasteiger partial charge in [-0.3, -0.25) is 0 Å². The summed E-state index contributed by atoms with van der Waals surface area (Å²) in [6.07, 6.45) is 2.13. The van der Waals surface area contributed by atoms with Gasteiger partial charge < -0.3 is 8.85 Å². The smallest absolute Gasteiger partial charge is 0.344 e. The topological polar surface area (TPSA) is 18.5 Å². The molecule has 0 unspecified atom stereocenters. The van der Waals surface area contributed by atoms with E-state index in [0.29, 0.717) is 11.8 Å². The molecular weight excluding hydrogens is 252 g/mol. The van der Waals surface area contributed by atoms with Crippen LogP contribution in [0.15, 0.2) is 0 Å². The van der Waals surface area contributed by atoms with Crippen LogP contribution in [-0.2, 0) is 8.85 Å². The summed E-state index contributed by atoms with van der Waals surface area (Å²) >= 11 is 0. The van der Waals surface area contributed by atoms with E-state index in [-0.39, 0.29) is 5.04 Å². The average molecular weight is 289 g/mol. The predicted octanol–water partition coefficient (Wildman–Crippen LogP) is 5.37. The van der Waals surface area contributed by atoms with Gasteiger partial charge in [-0.25, -0.2) is 0 Å². The van der Waals surface area contributed by atoms with Crippen LogP contribution in [0.3, 0.4) is 0 Å². The van der Waals surface area contributed by atoms with E-state index in [1.807, 2.05) is 0 Å². The molecule has 0 bridgehead atoms. The molecule has 19 heavy (non-hydrogen) atoms. The molecule has 0 atom stereocenters. The van der Waals surface area contributed by atoms with Gasteiger partial charge in [-0.1, -0.05) is 55.4 Å². The molecule has 0 N–H and O–H groups in total. The summed E-state index contributed by atoms with van der Waals surface area (Å²) in [4.78, 5) is 0. The Labute approximate surface area is 122 Å². The van der Waals surface area contributed by atoms with Crippen molar-refractivity contribution in [3.63, 3.8) is 0 Å². The van der Waals surface area contributed by atoms with Crippen molar-refractivity contribution in [2.45, 2.75) is 79.3 Å². The zero-order valence-corrected chi connectivity index (χ0v) is 15.5. The zero-order chi connectivity index (χ0) is 15.1. The molecule has 0 spiro atoms. The van der Waals surface area contributed by atoms with E-state index in [2.05, 4.69) is 55.4 Å². The van der Waals surface area contributed by atoms with Gasteiger partial charge in [0.15, 0.2) is 0 Å². The van der Waals surface area contributed by atoms with Gasteiger partial charge in [0, 0.05) is 18.3 Å². The fraction of sp³-hybridized carbons (Fsp3) is 1.00. The van der Waals surface area contributed by atoms with Gasteiger partial charge in [0.1, 0.15) is 0 Å². The number of hydrogen-bond donors (Lipinski definition) is 0. The maximum absolute atomic E-state index is 6.43. The van der Waals surface area contributed by atoms with Crippen LogP contribution in [0.2, 0.25) is 11.1 Å². The maximum atomic E-state index is 6.43. The van der Waals surface area contributed by atoms with Crippen molar-refractivity contribution in [1.29, 1.82) is 0 Å². The molecule has 0 fully saturated rings. The molecule has 0 aromatic rings. The Morgan fingerprint density at radius 2 is 1.32 bits per heavy atom. The normalized spacial score (nSPS) is 13.6. The molecule has 0 radical (unpaired) electrons. The Balaban J connectivity index is 5.31. The highest BCUT2D eigenvalue weighted by Crippen LogP contribution is 2.48. The summed E-state index contributed by atoms with van der Waals surface area (Å²) < 4.78 is 12.9. The van der Waals surface area contributed by atoms with Gasteiger partial charge in [-0.05, 0) is 30.7 Å². The van der Waals surface area contributed by atoms with Crippen LogP contribution >= 0.6 is 0 Å². The van der Waals surface area contributed by atoms with E-state index in [9.17, 15) is 0 Å². The molecule has 0 saturated heterocycles. The highest BCUT2D eigenvalue weighted by atomic mass is 28.4. The Morgan fingerprint density at radius 1 is 0.895 bits per heavy atom. The molecule has 0 amide bonds. The first kappa shape index (κ1) is 19.1. The summed E-state index contributed by atoms with van der Waals surface area (Å²) in [7, 11) is -2.19. The molecule has 116 valence electrons. The summed E-state index contributed by atoms with van der Waals surface area (Å²) in [5.41, 5.74) is 0. The van der Waals surface area contributed by atoms with Crippen molar-refractivity contribution < 1.29 is 8.85 Å². The van der Waals surface area contributed by atoms with E-state index in [4.69, 9.17) is 8.85 Å². The van der Waals surface area contributed by atoms with Crippen LogP contribution in [0, 0.1) is 11.8 Å². The fourth-order valence-corrected chi connectivity index (χ4v) is 6.92. The Bertz CT molecular complexity index is 229. The minimum Gasteiger partial charge on any atom is -0.394 e. The lowest BCUT2D eigenvalue weighted by Gasteiger charge is -2.46. The third-order valence-corrected chi connectivity index (χ3v) is 9.42. The predicted molar refractivity (Wildman–Crippen MR) is 86.8 cm³/mol. The standard InChI is InChI=1S/C16H36O2Si/c1-9-11-17-19(13-14(3)4,18-12-10-2)16(7,8)15(5)6/h14-15H,9-13H2,1-8H3. The van der Waals surface area contributed by atoms with E-state index < -0.39 is 8.56 Å². The highest BCUT2D eigenvalue weighted by molar-refractivity contribution is 6.70. The van der Waals surface area contributed by atoms with Crippen LogP contribution < -0.4 is 0 Å². The minimum atomic E-state index is -2.19. The first-order valence-corrected chi connectivity index (χ1v) is 10.0. The van der Waals surface area contributed by atoms with Gasteiger partial charge in [0.25, 0.3) is 0 Å². The molecule has 0 aromatic carbocycles. The summed E-state index contributed by atoms with van der Waals surface area (Å²) in [5, 5.41) is 0.140. The molecule has 0 saturated carbocycles. The van der Waals surface area contributed by atoms with E-state index in [1.165, 1.54) is 0 Å². The highest BCUT2D eigenvalue weighted by Gasteiger charge is 2.53. The third kappa shape index (κ3) is 5.20. The average Bonchev–Trinajstić information content (AvgIpc) is 2.31. The summed E-state index contributed by atoms with van der Waals surface area (Å²) in [6.45, 7) is 19.9. The second kappa shape index (κ2) is 8.43. The molecule has 0 rings (SSSR count). The van der Waals surface area contributed by atoms with E-state index in [0.717, 1.165) is 32.1 Å². The monoisotopic (exact) mass is 288 g/mol. The Morgan fingerprint density at radius 3 is 1.58 bits per heavy atom. The Kier molecular flexibility index (Phi) is 8.49. The van der Waals surface area contributed by atoms with E-state index in [1.54, 1.807) is 0 Å². The fourth-order valence-electron chi connectivity index (χ4n) is 2.31. The van der Waals surface area contributed by atoms with Crippen molar-refractivity contribution in [1.82, 2.24) is 0 Å². The van der Waals surface area contributed by atoms with Crippen molar-refractivity contribution >= 4 is 8.56 Å². The molecule has 0 aromatic heterocycles. The second-order valence-corrected chi connectivity index (χ2v) is 10.7. The van der Waals surface area contributed by atoms with Crippen LogP contribution in [0.25, 0.3) is 0 Å². The lowest BCUT2D eigenvalue weighted by molar-refractivity contribution is 0.129. The largest absolute Gasteiger partial charge is 0.394 e. The summed E-state index contributed by atoms with van der Waals surface area (Å²) in [6, 6.07) is 1.10. The quantitative estimate of drug-likeness (QED) is 0.503. The molecule has 0 aliphatic carbocycles. The Hall–Kier alpha value is 0.137. The minimum absolute atomic E-state index is 0.140. The van der Waals surface area contributed by atoms with E-state index >= 15 is 0 Å². The third-order valence-electron chi connectivity index (χ3n) is 4.18. The van der Waals surface area contributed by atoms with Crippen LogP contribution in [0.5, 0.6) is 0 Å². The van der Waals surface area contributed by atoms with Crippen molar-refractivity contribution in [3.8, 4) is 0 Å². The van der Waals surface area contributed by atoms with Gasteiger partial charge >= 0.3 is 8.56 Å². The van der Waals surface area contributed by atoms with Crippen LogP contribution in [-0.4, -0.2) is 21.8 Å². The molecule has 3 heteroatoms. The maximum Gasteiger partial charge on any atom is 0.344 e. The first-order valence-electron chi connectivity index (χ1n) is 8.01.